The second-order valence-electron chi connectivity index (χ2n) is 10.2. The van der Waals surface area contributed by atoms with E-state index in [-0.39, 0.29) is 25.4 Å². The number of para-hydroxylation sites is 1. The molecule has 1 heterocycles. The predicted octanol–water partition coefficient (Wildman–Crippen LogP) is 5.49. The van der Waals surface area contributed by atoms with Gasteiger partial charge in [-0.15, -0.1) is 0 Å². The van der Waals surface area contributed by atoms with Crippen LogP contribution in [0.25, 0.3) is 10.9 Å². The number of nitrogens with one attached hydrogen (secondary N) is 1. The van der Waals surface area contributed by atoms with Gasteiger partial charge in [0.2, 0.25) is 0 Å². The van der Waals surface area contributed by atoms with Crippen LogP contribution >= 0.6 is 0 Å². The Balaban J connectivity index is 1.94. The molecule has 0 aliphatic rings. The van der Waals surface area contributed by atoms with Crippen molar-refractivity contribution in [2.75, 3.05) is 55.0 Å². The molecule has 0 unspecified atom stereocenters. The molecular formula is C33H41N3O5. The van der Waals surface area contributed by atoms with E-state index in [1.807, 2.05) is 50.5 Å². The summed E-state index contributed by atoms with van der Waals surface area (Å²) in [6.07, 6.45) is 0.855. The van der Waals surface area contributed by atoms with E-state index < -0.39 is 0 Å². The van der Waals surface area contributed by atoms with Gasteiger partial charge >= 0.3 is 0 Å². The molecule has 41 heavy (non-hydrogen) atoms. The van der Waals surface area contributed by atoms with Gasteiger partial charge in [0, 0.05) is 56.2 Å². The molecule has 0 spiro atoms. The lowest BCUT2D eigenvalue weighted by atomic mass is 9.83. The van der Waals surface area contributed by atoms with Crippen LogP contribution in [0, 0.1) is 0 Å². The molecule has 8 heteroatoms. The molecule has 0 saturated carbocycles. The van der Waals surface area contributed by atoms with E-state index in [1.165, 1.54) is 0 Å². The van der Waals surface area contributed by atoms with Crippen molar-refractivity contribution >= 4 is 16.8 Å². The van der Waals surface area contributed by atoms with Gasteiger partial charge in [0.1, 0.15) is 17.2 Å². The largest absolute Gasteiger partial charge is 0.468 e. The minimum Gasteiger partial charge on any atom is -0.468 e. The fourth-order valence-corrected chi connectivity index (χ4v) is 5.01. The van der Waals surface area contributed by atoms with E-state index in [2.05, 4.69) is 58.1 Å². The third kappa shape index (κ3) is 7.27. The van der Waals surface area contributed by atoms with Crippen LogP contribution in [0.3, 0.4) is 0 Å². The SMILES string of the molecule is CCCNC(=O)c1c(C(c2ccc(OCOC)cc2)c2ccc(OCOC)cc2)c2ccccc2n1CCN(C)C. The van der Waals surface area contributed by atoms with Crippen LogP contribution in [0.2, 0.25) is 0 Å². The third-order valence-electron chi connectivity index (χ3n) is 6.93. The van der Waals surface area contributed by atoms with Crippen LogP contribution < -0.4 is 14.8 Å². The minimum absolute atomic E-state index is 0.0677. The highest BCUT2D eigenvalue weighted by Gasteiger charge is 2.30. The van der Waals surface area contributed by atoms with Crippen LogP contribution in [0.1, 0.15) is 46.4 Å². The summed E-state index contributed by atoms with van der Waals surface area (Å²) in [6, 6.07) is 24.3. The Morgan fingerprint density at radius 1 is 0.854 bits per heavy atom. The summed E-state index contributed by atoms with van der Waals surface area (Å²) in [5.41, 5.74) is 4.78. The van der Waals surface area contributed by atoms with Gasteiger partial charge in [0.15, 0.2) is 13.6 Å². The van der Waals surface area contributed by atoms with E-state index in [4.69, 9.17) is 18.9 Å². The summed E-state index contributed by atoms with van der Waals surface area (Å²) in [4.78, 5) is 16.1. The highest BCUT2D eigenvalue weighted by molar-refractivity contribution is 6.02. The molecule has 218 valence electrons. The Bertz CT molecular complexity index is 1350. The van der Waals surface area contributed by atoms with Gasteiger partial charge < -0.3 is 33.7 Å². The molecule has 0 radical (unpaired) electrons. The molecule has 0 saturated heterocycles. The van der Waals surface area contributed by atoms with Gasteiger partial charge in [0.25, 0.3) is 5.91 Å². The number of fused-ring (bicyclic) bond motifs is 1. The van der Waals surface area contributed by atoms with Gasteiger partial charge in [-0.1, -0.05) is 49.4 Å². The zero-order valence-corrected chi connectivity index (χ0v) is 24.7. The zero-order valence-electron chi connectivity index (χ0n) is 24.7. The summed E-state index contributed by atoms with van der Waals surface area (Å²) in [5.74, 6) is 1.14. The number of methoxy groups -OCH3 is 2. The Morgan fingerprint density at radius 2 is 1.41 bits per heavy atom. The molecule has 1 amide bonds. The average Bonchev–Trinajstić information content (AvgIpc) is 3.32. The first-order chi connectivity index (χ1) is 20.0. The second-order valence-corrected chi connectivity index (χ2v) is 10.2. The molecule has 0 aliphatic carbocycles. The van der Waals surface area contributed by atoms with Crippen molar-refractivity contribution in [3.8, 4) is 11.5 Å². The Labute approximate surface area is 242 Å². The quantitative estimate of drug-likeness (QED) is 0.194. The summed E-state index contributed by atoms with van der Waals surface area (Å²) >= 11 is 0. The van der Waals surface area contributed by atoms with Crippen LogP contribution in [0.5, 0.6) is 11.5 Å². The van der Waals surface area contributed by atoms with Crippen molar-refractivity contribution < 1.29 is 23.7 Å². The smallest absolute Gasteiger partial charge is 0.268 e. The van der Waals surface area contributed by atoms with Crippen LogP contribution in [0.4, 0.5) is 0 Å². The number of carbonyl (C=O) groups is 1. The standard InChI is InChI=1S/C33H41N3O5/c1-6-19-34-33(37)32-31(28-9-7-8-10-29(28)36(32)21-20-35(2)3)30(24-11-15-26(16-12-24)40-22-38-4)25-13-17-27(18-14-25)41-23-39-5/h7-18,30H,6,19-23H2,1-5H3,(H,34,37). The van der Waals surface area contributed by atoms with Gasteiger partial charge in [-0.05, 0) is 62.0 Å². The van der Waals surface area contributed by atoms with Gasteiger partial charge in [0.05, 0.1) is 0 Å². The second kappa shape index (κ2) is 14.7. The number of hydrogen-bond acceptors (Lipinski definition) is 6. The number of carbonyl (C=O) groups excluding carboxylic acids is 1. The van der Waals surface area contributed by atoms with E-state index in [0.717, 1.165) is 40.6 Å². The molecule has 3 aromatic carbocycles. The maximum absolute atomic E-state index is 14.0. The van der Waals surface area contributed by atoms with E-state index in [1.54, 1.807) is 14.2 Å². The third-order valence-corrected chi connectivity index (χ3v) is 6.93. The molecule has 0 aliphatic heterocycles. The monoisotopic (exact) mass is 559 g/mol. The number of benzene rings is 3. The number of nitrogens with zero attached hydrogens (tertiary/aromatic N) is 2. The van der Waals surface area contributed by atoms with Gasteiger partial charge in [-0.25, -0.2) is 0 Å². The first-order valence-electron chi connectivity index (χ1n) is 14.0. The molecule has 1 N–H and O–H groups in total. The molecule has 8 nitrogen and oxygen atoms in total. The molecule has 0 bridgehead atoms. The molecular weight excluding hydrogens is 518 g/mol. The lowest BCUT2D eigenvalue weighted by Gasteiger charge is -2.22. The summed E-state index contributed by atoms with van der Waals surface area (Å²) in [7, 11) is 7.29. The first-order valence-corrected chi connectivity index (χ1v) is 14.0. The van der Waals surface area contributed by atoms with Crippen molar-refractivity contribution in [2.45, 2.75) is 25.8 Å². The summed E-state index contributed by atoms with van der Waals surface area (Å²) in [6.45, 7) is 4.50. The van der Waals surface area contributed by atoms with Gasteiger partial charge in [-0.3, -0.25) is 4.79 Å². The normalized spacial score (nSPS) is 11.4. The number of amides is 1. The van der Waals surface area contributed by atoms with Crippen LogP contribution in [-0.2, 0) is 16.0 Å². The molecule has 0 atom stereocenters. The Morgan fingerprint density at radius 3 is 1.93 bits per heavy atom. The average molecular weight is 560 g/mol. The number of ether oxygens (including phenoxy) is 4. The summed E-state index contributed by atoms with van der Waals surface area (Å²) < 4.78 is 23.7. The Hall–Kier alpha value is -3.85. The first kappa shape index (κ1) is 30.1. The number of likely N-dealkylation sites (N-methyl/N-ethyl adjacent to an activating group) is 1. The van der Waals surface area contributed by atoms with E-state index >= 15 is 0 Å². The van der Waals surface area contributed by atoms with Crippen molar-refractivity contribution in [3.63, 3.8) is 0 Å². The number of aromatic nitrogens is 1. The molecule has 4 aromatic rings. The molecule has 1 aromatic heterocycles. The van der Waals surface area contributed by atoms with Crippen molar-refractivity contribution in [2.24, 2.45) is 0 Å². The minimum atomic E-state index is -0.226. The van der Waals surface area contributed by atoms with Crippen LogP contribution in [-0.4, -0.2) is 70.4 Å². The molecule has 4 rings (SSSR count). The number of rotatable bonds is 15. The maximum atomic E-state index is 14.0. The lowest BCUT2D eigenvalue weighted by molar-refractivity contribution is 0.0509. The fourth-order valence-electron chi connectivity index (χ4n) is 5.01. The number of hydrogen-bond donors (Lipinski definition) is 1. The van der Waals surface area contributed by atoms with Crippen molar-refractivity contribution in [1.82, 2.24) is 14.8 Å². The summed E-state index contributed by atoms with van der Waals surface area (Å²) in [5, 5.41) is 4.21. The fraction of sp³-hybridized carbons (Fsp3) is 0.364. The Kier molecular flexibility index (Phi) is 10.8. The molecule has 0 fully saturated rings. The van der Waals surface area contributed by atoms with Crippen LogP contribution in [0.15, 0.2) is 72.8 Å². The van der Waals surface area contributed by atoms with E-state index in [9.17, 15) is 4.79 Å². The van der Waals surface area contributed by atoms with Crippen molar-refractivity contribution in [3.05, 3.63) is 95.2 Å². The topological polar surface area (TPSA) is 74.2 Å². The zero-order chi connectivity index (χ0) is 29.2. The van der Waals surface area contributed by atoms with Crippen molar-refractivity contribution in [1.29, 1.82) is 0 Å². The highest BCUT2D eigenvalue weighted by Crippen LogP contribution is 2.41. The lowest BCUT2D eigenvalue weighted by Crippen LogP contribution is -2.29. The highest BCUT2D eigenvalue weighted by atomic mass is 16.7. The van der Waals surface area contributed by atoms with E-state index in [0.29, 0.717) is 30.3 Å². The van der Waals surface area contributed by atoms with Gasteiger partial charge in [-0.2, -0.15) is 0 Å². The maximum Gasteiger partial charge on any atom is 0.268 e. The predicted molar refractivity (Wildman–Crippen MR) is 162 cm³/mol.